The van der Waals surface area contributed by atoms with Crippen molar-refractivity contribution in [2.75, 3.05) is 13.1 Å². The molecule has 0 aliphatic carbocycles. The molecule has 4 rings (SSSR count). The van der Waals surface area contributed by atoms with Crippen molar-refractivity contribution >= 4 is 11.6 Å². The molecule has 1 atom stereocenters. The predicted octanol–water partition coefficient (Wildman–Crippen LogP) is 1.46. The molecule has 7 nitrogen and oxygen atoms in total. The fourth-order valence-electron chi connectivity index (χ4n) is 2.97. The van der Waals surface area contributed by atoms with Gasteiger partial charge < -0.3 is 4.90 Å². The molecular weight excluding hydrogens is 292 g/mol. The molecule has 1 aliphatic rings. The van der Waals surface area contributed by atoms with Gasteiger partial charge in [0.05, 0.1) is 6.20 Å². The molecule has 0 radical (unpaired) electrons. The summed E-state index contributed by atoms with van der Waals surface area (Å²) in [5.74, 6) is 0.973. The third-order valence-electron chi connectivity index (χ3n) is 4.16. The Labute approximate surface area is 133 Å². The van der Waals surface area contributed by atoms with Crippen LogP contribution in [0.5, 0.6) is 0 Å². The summed E-state index contributed by atoms with van der Waals surface area (Å²) in [5.41, 5.74) is 2.08. The van der Waals surface area contributed by atoms with Crippen molar-refractivity contribution in [3.05, 3.63) is 54.0 Å². The fourth-order valence-corrected chi connectivity index (χ4v) is 2.97. The van der Waals surface area contributed by atoms with E-state index in [0.29, 0.717) is 24.3 Å². The second-order valence-electron chi connectivity index (χ2n) is 5.74. The van der Waals surface area contributed by atoms with Crippen LogP contribution in [-0.4, -0.2) is 48.5 Å². The Kier molecular flexibility index (Phi) is 3.25. The molecule has 7 heteroatoms. The van der Waals surface area contributed by atoms with Crippen LogP contribution in [0.2, 0.25) is 0 Å². The Morgan fingerprint density at radius 2 is 2.22 bits per heavy atom. The molecular formula is C16H16N6O. The van der Waals surface area contributed by atoms with Crippen LogP contribution < -0.4 is 0 Å². The molecule has 0 spiro atoms. The van der Waals surface area contributed by atoms with E-state index in [-0.39, 0.29) is 11.8 Å². The summed E-state index contributed by atoms with van der Waals surface area (Å²) >= 11 is 0. The minimum absolute atomic E-state index is 0.0335. The molecule has 23 heavy (non-hydrogen) atoms. The standard InChI is InChI=1S/C16H16N6O/c1-11-3-6-17-14(20-11)12-4-8-21(10-12)16(23)13-9-19-22-7-2-5-18-15(13)22/h2-3,5-7,9,12H,4,8,10H2,1H3/t12-/m0/s1. The van der Waals surface area contributed by atoms with Gasteiger partial charge in [0.2, 0.25) is 0 Å². The molecule has 0 N–H and O–H groups in total. The number of carbonyl (C=O) groups is 1. The smallest absolute Gasteiger partial charge is 0.259 e. The number of hydrogen-bond donors (Lipinski definition) is 0. The lowest BCUT2D eigenvalue weighted by Crippen LogP contribution is -2.28. The summed E-state index contributed by atoms with van der Waals surface area (Å²) in [5, 5.41) is 4.18. The van der Waals surface area contributed by atoms with Crippen molar-refractivity contribution in [1.82, 2.24) is 29.5 Å². The monoisotopic (exact) mass is 308 g/mol. The van der Waals surface area contributed by atoms with E-state index in [4.69, 9.17) is 0 Å². The summed E-state index contributed by atoms with van der Waals surface area (Å²) in [6, 6.07) is 3.67. The van der Waals surface area contributed by atoms with Gasteiger partial charge in [-0.05, 0) is 25.5 Å². The highest BCUT2D eigenvalue weighted by Crippen LogP contribution is 2.26. The van der Waals surface area contributed by atoms with Crippen LogP contribution in [0.4, 0.5) is 0 Å². The predicted molar refractivity (Wildman–Crippen MR) is 83.0 cm³/mol. The van der Waals surface area contributed by atoms with Crippen molar-refractivity contribution in [3.8, 4) is 0 Å². The number of amides is 1. The molecule has 1 saturated heterocycles. The van der Waals surface area contributed by atoms with Gasteiger partial charge in [-0.3, -0.25) is 4.79 Å². The van der Waals surface area contributed by atoms with Gasteiger partial charge in [0.1, 0.15) is 11.4 Å². The van der Waals surface area contributed by atoms with E-state index in [0.717, 1.165) is 17.9 Å². The first kappa shape index (κ1) is 13.8. The average molecular weight is 308 g/mol. The molecule has 3 aromatic heterocycles. The average Bonchev–Trinajstić information content (AvgIpc) is 3.22. The normalized spacial score (nSPS) is 17.8. The number of nitrogens with zero attached hydrogens (tertiary/aromatic N) is 6. The number of aryl methyl sites for hydroxylation is 1. The molecule has 116 valence electrons. The van der Waals surface area contributed by atoms with Crippen molar-refractivity contribution in [2.24, 2.45) is 0 Å². The zero-order valence-corrected chi connectivity index (χ0v) is 12.8. The van der Waals surface area contributed by atoms with E-state index in [1.807, 2.05) is 17.9 Å². The van der Waals surface area contributed by atoms with Gasteiger partial charge in [-0.2, -0.15) is 5.10 Å². The highest BCUT2D eigenvalue weighted by atomic mass is 16.2. The second kappa shape index (κ2) is 5.42. The highest BCUT2D eigenvalue weighted by Gasteiger charge is 2.31. The Morgan fingerprint density at radius 3 is 3.09 bits per heavy atom. The third-order valence-corrected chi connectivity index (χ3v) is 4.16. The lowest BCUT2D eigenvalue weighted by atomic mass is 10.1. The first-order valence-electron chi connectivity index (χ1n) is 7.59. The quantitative estimate of drug-likeness (QED) is 0.716. The molecule has 3 aromatic rings. The Bertz CT molecular complexity index is 874. The largest absolute Gasteiger partial charge is 0.338 e. The molecule has 0 unspecified atom stereocenters. The maximum absolute atomic E-state index is 12.8. The molecule has 0 saturated carbocycles. The Morgan fingerprint density at radius 1 is 1.30 bits per heavy atom. The minimum atomic E-state index is -0.0335. The Balaban J connectivity index is 1.56. The van der Waals surface area contributed by atoms with E-state index in [1.54, 1.807) is 35.4 Å². The maximum atomic E-state index is 12.8. The minimum Gasteiger partial charge on any atom is -0.338 e. The molecule has 1 aliphatic heterocycles. The summed E-state index contributed by atoms with van der Waals surface area (Å²) in [6.07, 6.45) is 7.69. The van der Waals surface area contributed by atoms with Crippen molar-refractivity contribution in [2.45, 2.75) is 19.3 Å². The van der Waals surface area contributed by atoms with Crippen LogP contribution in [-0.2, 0) is 0 Å². The second-order valence-corrected chi connectivity index (χ2v) is 5.74. The summed E-state index contributed by atoms with van der Waals surface area (Å²) in [7, 11) is 0. The van der Waals surface area contributed by atoms with Crippen molar-refractivity contribution in [3.63, 3.8) is 0 Å². The molecule has 1 fully saturated rings. The van der Waals surface area contributed by atoms with Gasteiger partial charge in [0.25, 0.3) is 5.91 Å². The van der Waals surface area contributed by atoms with Crippen LogP contribution in [0, 0.1) is 6.92 Å². The van der Waals surface area contributed by atoms with Gasteiger partial charge in [-0.1, -0.05) is 0 Å². The molecule has 1 amide bonds. The first-order chi connectivity index (χ1) is 11.2. The highest BCUT2D eigenvalue weighted by molar-refractivity contribution is 5.99. The number of hydrogen-bond acceptors (Lipinski definition) is 5. The van der Waals surface area contributed by atoms with Gasteiger partial charge in [-0.15, -0.1) is 0 Å². The van der Waals surface area contributed by atoms with E-state index < -0.39 is 0 Å². The zero-order valence-electron chi connectivity index (χ0n) is 12.8. The van der Waals surface area contributed by atoms with Gasteiger partial charge in [-0.25, -0.2) is 19.5 Å². The zero-order chi connectivity index (χ0) is 15.8. The number of aromatic nitrogens is 5. The van der Waals surface area contributed by atoms with Crippen molar-refractivity contribution in [1.29, 1.82) is 0 Å². The lowest BCUT2D eigenvalue weighted by Gasteiger charge is -2.15. The molecule has 0 aromatic carbocycles. The van der Waals surface area contributed by atoms with E-state index >= 15 is 0 Å². The van der Waals surface area contributed by atoms with Gasteiger partial charge in [0, 0.05) is 43.3 Å². The van der Waals surface area contributed by atoms with Crippen LogP contribution >= 0.6 is 0 Å². The van der Waals surface area contributed by atoms with E-state index in [9.17, 15) is 4.79 Å². The number of carbonyl (C=O) groups excluding carboxylic acids is 1. The van der Waals surface area contributed by atoms with Gasteiger partial charge in [0.15, 0.2) is 5.65 Å². The van der Waals surface area contributed by atoms with Crippen LogP contribution in [0.15, 0.2) is 36.9 Å². The lowest BCUT2D eigenvalue weighted by molar-refractivity contribution is 0.0792. The maximum Gasteiger partial charge on any atom is 0.259 e. The fraction of sp³-hybridized carbons (Fsp3) is 0.312. The van der Waals surface area contributed by atoms with Crippen LogP contribution in [0.3, 0.4) is 0 Å². The molecule has 4 heterocycles. The number of rotatable bonds is 2. The Hall–Kier alpha value is -2.83. The van der Waals surface area contributed by atoms with Gasteiger partial charge >= 0.3 is 0 Å². The van der Waals surface area contributed by atoms with E-state index in [2.05, 4.69) is 20.1 Å². The van der Waals surface area contributed by atoms with Crippen molar-refractivity contribution < 1.29 is 4.79 Å². The topological polar surface area (TPSA) is 76.3 Å². The summed E-state index contributed by atoms with van der Waals surface area (Å²) in [6.45, 7) is 3.28. The number of likely N-dealkylation sites (tertiary alicyclic amines) is 1. The SMILES string of the molecule is Cc1ccnc([C@H]2CCN(C(=O)c3cnn4cccnc34)C2)n1. The first-order valence-corrected chi connectivity index (χ1v) is 7.59. The summed E-state index contributed by atoms with van der Waals surface area (Å²) in [4.78, 5) is 27.7. The third kappa shape index (κ3) is 2.44. The van der Waals surface area contributed by atoms with E-state index in [1.165, 1.54) is 0 Å². The number of fused-ring (bicyclic) bond motifs is 1. The molecule has 0 bridgehead atoms. The summed E-state index contributed by atoms with van der Waals surface area (Å²) < 4.78 is 1.62. The van der Waals surface area contributed by atoms with Crippen LogP contribution in [0.25, 0.3) is 5.65 Å². The van der Waals surface area contributed by atoms with Crippen LogP contribution in [0.1, 0.15) is 34.2 Å².